The van der Waals surface area contributed by atoms with Crippen molar-refractivity contribution in [3.05, 3.63) is 0 Å². The molecule has 0 aromatic rings. The van der Waals surface area contributed by atoms with Crippen LogP contribution in [0.2, 0.25) is 0 Å². The lowest BCUT2D eigenvalue weighted by Crippen LogP contribution is -2.34. The molecule has 1 atom stereocenters. The number of ketones is 1. The van der Waals surface area contributed by atoms with E-state index >= 15 is 0 Å². The van der Waals surface area contributed by atoms with E-state index in [2.05, 4.69) is 5.32 Å². The molecule has 2 fully saturated rings. The summed E-state index contributed by atoms with van der Waals surface area (Å²) in [6.07, 6.45) is 4.93. The van der Waals surface area contributed by atoms with E-state index in [-0.39, 0.29) is 0 Å². The fourth-order valence-electron chi connectivity index (χ4n) is 2.27. The lowest BCUT2D eigenvalue weighted by molar-refractivity contribution is -0.117. The number of carbonyl (C=O) groups excluding carboxylic acids is 1. The molecule has 80 valence electrons. The maximum Gasteiger partial charge on any atom is 0.134 e. The molecule has 0 spiro atoms. The topological polar surface area (TPSA) is 38.3 Å². The lowest BCUT2D eigenvalue weighted by Gasteiger charge is -2.23. The second-order valence-corrected chi connectivity index (χ2v) is 4.44. The van der Waals surface area contributed by atoms with Crippen molar-refractivity contribution >= 4 is 5.78 Å². The summed E-state index contributed by atoms with van der Waals surface area (Å²) in [4.78, 5) is 11.0. The normalized spacial score (nSPS) is 29.7. The van der Waals surface area contributed by atoms with Crippen LogP contribution in [0.3, 0.4) is 0 Å². The Morgan fingerprint density at radius 3 is 2.71 bits per heavy atom. The molecular formula is C11H19NO2. The summed E-state index contributed by atoms with van der Waals surface area (Å²) in [6, 6.07) is 0.463. The highest BCUT2D eigenvalue weighted by Gasteiger charge is 2.22. The van der Waals surface area contributed by atoms with Gasteiger partial charge in [-0.25, -0.2) is 0 Å². The second kappa shape index (κ2) is 4.89. The average molecular weight is 197 g/mol. The van der Waals surface area contributed by atoms with Gasteiger partial charge in [-0.2, -0.15) is 0 Å². The SMILES string of the molecule is O=C1CCC(NCC2CCOCC2)C1. The summed E-state index contributed by atoms with van der Waals surface area (Å²) in [6.45, 7) is 2.90. The highest BCUT2D eigenvalue weighted by Crippen LogP contribution is 2.17. The Hall–Kier alpha value is -0.410. The first-order valence-corrected chi connectivity index (χ1v) is 5.67. The van der Waals surface area contributed by atoms with Crippen LogP contribution in [0.25, 0.3) is 0 Å². The van der Waals surface area contributed by atoms with E-state index in [0.29, 0.717) is 11.8 Å². The zero-order valence-corrected chi connectivity index (χ0v) is 8.63. The van der Waals surface area contributed by atoms with Crippen LogP contribution in [-0.4, -0.2) is 31.6 Å². The average Bonchev–Trinajstić information content (AvgIpc) is 2.63. The first kappa shape index (κ1) is 10.1. The number of ether oxygens (including phenoxy) is 1. The number of rotatable bonds is 3. The minimum Gasteiger partial charge on any atom is -0.381 e. The van der Waals surface area contributed by atoms with Crippen molar-refractivity contribution in [2.75, 3.05) is 19.8 Å². The van der Waals surface area contributed by atoms with E-state index in [1.807, 2.05) is 0 Å². The van der Waals surface area contributed by atoms with Gasteiger partial charge in [0.2, 0.25) is 0 Å². The molecule has 14 heavy (non-hydrogen) atoms. The number of hydrogen-bond donors (Lipinski definition) is 1. The largest absolute Gasteiger partial charge is 0.381 e. The van der Waals surface area contributed by atoms with Crippen molar-refractivity contribution in [1.82, 2.24) is 5.32 Å². The predicted molar refractivity (Wildman–Crippen MR) is 54.2 cm³/mol. The van der Waals surface area contributed by atoms with Crippen molar-refractivity contribution in [3.8, 4) is 0 Å². The van der Waals surface area contributed by atoms with Crippen molar-refractivity contribution in [1.29, 1.82) is 0 Å². The molecule has 0 aromatic carbocycles. The van der Waals surface area contributed by atoms with Gasteiger partial charge in [0.15, 0.2) is 0 Å². The Kier molecular flexibility index (Phi) is 3.54. The third kappa shape index (κ3) is 2.79. The van der Waals surface area contributed by atoms with Gasteiger partial charge in [-0.3, -0.25) is 4.79 Å². The van der Waals surface area contributed by atoms with Crippen molar-refractivity contribution in [3.63, 3.8) is 0 Å². The van der Waals surface area contributed by atoms with Gasteiger partial charge in [0.1, 0.15) is 5.78 Å². The van der Waals surface area contributed by atoms with Gasteiger partial charge < -0.3 is 10.1 Å². The molecule has 3 heteroatoms. The first-order valence-electron chi connectivity index (χ1n) is 5.67. The van der Waals surface area contributed by atoms with Crippen LogP contribution in [-0.2, 0) is 9.53 Å². The van der Waals surface area contributed by atoms with Gasteiger partial charge in [0.25, 0.3) is 0 Å². The van der Waals surface area contributed by atoms with Crippen LogP contribution in [0.5, 0.6) is 0 Å². The molecule has 1 aliphatic heterocycles. The van der Waals surface area contributed by atoms with Crippen molar-refractivity contribution in [2.45, 2.75) is 38.1 Å². The van der Waals surface area contributed by atoms with E-state index in [9.17, 15) is 4.79 Å². The van der Waals surface area contributed by atoms with Gasteiger partial charge in [-0.15, -0.1) is 0 Å². The predicted octanol–water partition coefficient (Wildman–Crippen LogP) is 1.12. The van der Waals surface area contributed by atoms with Crippen molar-refractivity contribution in [2.24, 2.45) is 5.92 Å². The van der Waals surface area contributed by atoms with E-state index < -0.39 is 0 Å². The number of carbonyl (C=O) groups is 1. The van der Waals surface area contributed by atoms with Gasteiger partial charge in [0, 0.05) is 32.1 Å². The van der Waals surface area contributed by atoms with Gasteiger partial charge in [-0.05, 0) is 31.7 Å². The third-order valence-corrected chi connectivity index (χ3v) is 3.28. The zero-order valence-electron chi connectivity index (χ0n) is 8.63. The molecule has 2 aliphatic rings. The standard InChI is InChI=1S/C11H19NO2/c13-11-2-1-10(7-11)12-8-9-3-5-14-6-4-9/h9-10,12H,1-8H2. The van der Waals surface area contributed by atoms with Crippen LogP contribution in [0.1, 0.15) is 32.1 Å². The summed E-state index contributed by atoms with van der Waals surface area (Å²) in [5.74, 6) is 1.19. The van der Waals surface area contributed by atoms with Gasteiger partial charge in [-0.1, -0.05) is 0 Å². The molecule has 0 aromatic heterocycles. The minimum atomic E-state index is 0.425. The number of hydrogen-bond acceptors (Lipinski definition) is 3. The number of nitrogens with one attached hydrogen (secondary N) is 1. The fraction of sp³-hybridized carbons (Fsp3) is 0.909. The second-order valence-electron chi connectivity index (χ2n) is 4.44. The van der Waals surface area contributed by atoms with E-state index in [1.165, 1.54) is 12.8 Å². The lowest BCUT2D eigenvalue weighted by atomic mass is 10.00. The smallest absolute Gasteiger partial charge is 0.134 e. The first-order chi connectivity index (χ1) is 6.84. The molecule has 0 radical (unpaired) electrons. The van der Waals surface area contributed by atoms with Gasteiger partial charge >= 0.3 is 0 Å². The fourth-order valence-corrected chi connectivity index (χ4v) is 2.27. The van der Waals surface area contributed by atoms with Crippen molar-refractivity contribution < 1.29 is 9.53 Å². The van der Waals surface area contributed by atoms with Crippen LogP contribution in [0.15, 0.2) is 0 Å². The Balaban J connectivity index is 1.63. The Labute approximate surface area is 85.2 Å². The molecule has 1 unspecified atom stereocenters. The Bertz CT molecular complexity index is 199. The quantitative estimate of drug-likeness (QED) is 0.737. The van der Waals surface area contributed by atoms with E-state index in [4.69, 9.17) is 4.74 Å². The van der Waals surface area contributed by atoms with E-state index in [1.54, 1.807) is 0 Å². The molecule has 1 saturated carbocycles. The Morgan fingerprint density at radius 2 is 2.07 bits per heavy atom. The molecular weight excluding hydrogens is 178 g/mol. The highest BCUT2D eigenvalue weighted by atomic mass is 16.5. The highest BCUT2D eigenvalue weighted by molar-refractivity contribution is 5.81. The Morgan fingerprint density at radius 1 is 1.29 bits per heavy atom. The van der Waals surface area contributed by atoms with Gasteiger partial charge in [0.05, 0.1) is 0 Å². The summed E-state index contributed by atoms with van der Waals surface area (Å²) in [5, 5.41) is 3.51. The molecule has 0 bridgehead atoms. The maximum absolute atomic E-state index is 11.0. The summed E-state index contributed by atoms with van der Waals surface area (Å²) in [5.41, 5.74) is 0. The number of Topliss-reactive ketones (excluding diaryl/α,β-unsaturated/α-hetero) is 1. The van der Waals surface area contributed by atoms with Crippen LogP contribution in [0.4, 0.5) is 0 Å². The minimum absolute atomic E-state index is 0.425. The molecule has 2 rings (SSSR count). The molecule has 1 saturated heterocycles. The van der Waals surface area contributed by atoms with Crippen LogP contribution < -0.4 is 5.32 Å². The van der Waals surface area contributed by atoms with E-state index in [0.717, 1.165) is 44.9 Å². The summed E-state index contributed by atoms with van der Waals surface area (Å²) in [7, 11) is 0. The monoisotopic (exact) mass is 197 g/mol. The molecule has 0 amide bonds. The maximum atomic E-state index is 11.0. The molecule has 1 heterocycles. The summed E-state index contributed by atoms with van der Waals surface area (Å²) < 4.78 is 5.31. The molecule has 1 aliphatic carbocycles. The summed E-state index contributed by atoms with van der Waals surface area (Å²) >= 11 is 0. The van der Waals surface area contributed by atoms with Crippen LogP contribution in [0, 0.1) is 5.92 Å². The third-order valence-electron chi connectivity index (χ3n) is 3.28. The van der Waals surface area contributed by atoms with Crippen LogP contribution >= 0.6 is 0 Å². The molecule has 3 nitrogen and oxygen atoms in total. The molecule has 1 N–H and O–H groups in total. The zero-order chi connectivity index (χ0) is 9.80.